The fraction of sp³-hybridized carbons (Fsp3) is 0.304. The van der Waals surface area contributed by atoms with Crippen LogP contribution in [0.1, 0.15) is 34.6 Å². The van der Waals surface area contributed by atoms with Crippen molar-refractivity contribution < 1.29 is 19.1 Å². The summed E-state index contributed by atoms with van der Waals surface area (Å²) in [6.07, 6.45) is 13.4. The van der Waals surface area contributed by atoms with E-state index in [1.54, 1.807) is 24.3 Å². The van der Waals surface area contributed by atoms with Gasteiger partial charge >= 0.3 is 0 Å². The Hall–Kier alpha value is -4.04. The summed E-state index contributed by atoms with van der Waals surface area (Å²) in [4.78, 5) is 33.2. The van der Waals surface area contributed by atoms with Crippen LogP contribution in [-0.4, -0.2) is 48.1 Å². The molecule has 0 bridgehead atoms. The lowest BCUT2D eigenvalue weighted by Crippen LogP contribution is -2.42. The fourth-order valence-electron chi connectivity index (χ4n) is 2.47. The highest BCUT2D eigenvalue weighted by Crippen LogP contribution is 2.18. The Labute approximate surface area is 181 Å². The number of carbonyl (C=O) groups is 2. The van der Waals surface area contributed by atoms with E-state index in [9.17, 15) is 9.59 Å². The number of nitrogens with zero attached hydrogens (tertiary/aromatic N) is 2. The third-order valence-electron chi connectivity index (χ3n) is 4.07. The molecule has 0 saturated carbocycles. The quantitative estimate of drug-likeness (QED) is 0.567. The van der Waals surface area contributed by atoms with Gasteiger partial charge in [-0.1, -0.05) is 25.7 Å². The Bertz CT molecular complexity index is 926. The van der Waals surface area contributed by atoms with Gasteiger partial charge in [0.1, 0.15) is 11.1 Å². The number of carbonyl (C=O) groups excluding carboxylic acids is 2. The van der Waals surface area contributed by atoms with Gasteiger partial charge in [0.2, 0.25) is 11.8 Å². The molecule has 0 saturated heterocycles. The molecule has 31 heavy (non-hydrogen) atoms. The second kappa shape index (κ2) is 11.2. The number of rotatable bonds is 10. The highest BCUT2D eigenvalue weighted by molar-refractivity contribution is 5.97. The molecule has 0 aliphatic rings. The minimum Gasteiger partial charge on any atom is -0.464 e. The highest BCUT2D eigenvalue weighted by Gasteiger charge is 2.23. The monoisotopic (exact) mass is 420 g/mol. The van der Waals surface area contributed by atoms with Crippen molar-refractivity contribution in [2.24, 2.45) is 5.41 Å². The molecule has 2 heterocycles. The smallest absolute Gasteiger partial charge is 0.256 e. The van der Waals surface area contributed by atoms with E-state index >= 15 is 0 Å². The van der Waals surface area contributed by atoms with Gasteiger partial charge in [0.05, 0.1) is 0 Å². The Morgan fingerprint density at radius 2 is 1.32 bits per heavy atom. The summed E-state index contributed by atoms with van der Waals surface area (Å²) in [7, 11) is 0. The maximum Gasteiger partial charge on any atom is 0.256 e. The van der Waals surface area contributed by atoms with Gasteiger partial charge in [0, 0.05) is 25.5 Å². The zero-order valence-corrected chi connectivity index (χ0v) is 17.5. The SMILES string of the molecule is C#CCOc1ncccc1C(=O)NCC(C)(C)CNC(=O)c1cccnc1OCC#C. The third kappa shape index (κ3) is 7.06. The lowest BCUT2D eigenvalue weighted by atomic mass is 9.93. The van der Waals surface area contributed by atoms with E-state index in [-0.39, 0.29) is 47.9 Å². The molecule has 0 radical (unpaired) electrons. The fourth-order valence-corrected chi connectivity index (χ4v) is 2.47. The molecule has 0 unspecified atom stereocenters. The van der Waals surface area contributed by atoms with Crippen molar-refractivity contribution >= 4 is 11.8 Å². The molecule has 2 N–H and O–H groups in total. The average molecular weight is 420 g/mol. The molecule has 0 aliphatic carbocycles. The van der Waals surface area contributed by atoms with Crippen molar-refractivity contribution in [1.82, 2.24) is 20.6 Å². The first-order valence-corrected chi connectivity index (χ1v) is 9.47. The molecule has 0 fully saturated rings. The topological polar surface area (TPSA) is 102 Å². The Kier molecular flexibility index (Phi) is 8.41. The zero-order chi connectivity index (χ0) is 22.7. The van der Waals surface area contributed by atoms with Crippen LogP contribution >= 0.6 is 0 Å². The van der Waals surface area contributed by atoms with Crippen molar-refractivity contribution in [3.63, 3.8) is 0 Å². The highest BCUT2D eigenvalue weighted by atomic mass is 16.5. The summed E-state index contributed by atoms with van der Waals surface area (Å²) in [5, 5.41) is 5.68. The summed E-state index contributed by atoms with van der Waals surface area (Å²) in [5.74, 6) is 4.31. The van der Waals surface area contributed by atoms with Gasteiger partial charge in [-0.2, -0.15) is 0 Å². The Morgan fingerprint density at radius 3 is 1.71 bits per heavy atom. The first kappa shape index (κ1) is 23.2. The summed E-state index contributed by atoms with van der Waals surface area (Å²) < 4.78 is 10.6. The maximum atomic E-state index is 12.6. The first-order chi connectivity index (χ1) is 14.9. The van der Waals surface area contributed by atoms with E-state index in [1.807, 2.05) is 13.8 Å². The van der Waals surface area contributed by atoms with Crippen molar-refractivity contribution in [3.8, 4) is 36.4 Å². The lowest BCUT2D eigenvalue weighted by molar-refractivity contribution is 0.0916. The van der Waals surface area contributed by atoms with E-state index in [0.29, 0.717) is 13.1 Å². The van der Waals surface area contributed by atoms with Crippen molar-refractivity contribution in [3.05, 3.63) is 47.8 Å². The summed E-state index contributed by atoms with van der Waals surface area (Å²) in [6, 6.07) is 6.47. The second-order valence-corrected chi connectivity index (χ2v) is 7.23. The molecule has 2 aromatic rings. The predicted molar refractivity (Wildman–Crippen MR) is 116 cm³/mol. The lowest BCUT2D eigenvalue weighted by Gasteiger charge is -2.25. The summed E-state index contributed by atoms with van der Waals surface area (Å²) in [5.41, 5.74) is 0.113. The third-order valence-corrected chi connectivity index (χ3v) is 4.07. The van der Waals surface area contributed by atoms with Crippen LogP contribution in [0.15, 0.2) is 36.7 Å². The van der Waals surface area contributed by atoms with Crippen LogP contribution in [0, 0.1) is 30.1 Å². The number of pyridine rings is 2. The van der Waals surface area contributed by atoms with Gasteiger partial charge in [0.25, 0.3) is 11.8 Å². The molecule has 0 aliphatic heterocycles. The van der Waals surface area contributed by atoms with Gasteiger partial charge in [-0.25, -0.2) is 9.97 Å². The molecule has 2 rings (SSSR count). The van der Waals surface area contributed by atoms with Crippen molar-refractivity contribution in [2.45, 2.75) is 13.8 Å². The number of amides is 2. The largest absolute Gasteiger partial charge is 0.464 e. The van der Waals surface area contributed by atoms with E-state index < -0.39 is 5.41 Å². The van der Waals surface area contributed by atoms with Crippen molar-refractivity contribution in [1.29, 1.82) is 0 Å². The van der Waals surface area contributed by atoms with Crippen LogP contribution in [0.3, 0.4) is 0 Å². The van der Waals surface area contributed by atoms with Gasteiger partial charge in [-0.15, -0.1) is 12.8 Å². The van der Waals surface area contributed by atoms with Gasteiger partial charge in [0.15, 0.2) is 13.2 Å². The number of nitrogens with one attached hydrogen (secondary N) is 2. The molecule has 160 valence electrons. The molecule has 2 aromatic heterocycles. The number of hydrogen-bond donors (Lipinski definition) is 2. The minimum atomic E-state index is -0.449. The Balaban J connectivity index is 1.94. The van der Waals surface area contributed by atoms with E-state index in [2.05, 4.69) is 32.4 Å². The first-order valence-electron chi connectivity index (χ1n) is 9.47. The van der Waals surface area contributed by atoms with Crippen LogP contribution in [0.4, 0.5) is 0 Å². The van der Waals surface area contributed by atoms with E-state index in [0.717, 1.165) is 0 Å². The van der Waals surface area contributed by atoms with Crippen LogP contribution < -0.4 is 20.1 Å². The molecule has 0 spiro atoms. The molecule has 0 aromatic carbocycles. The molecule has 2 amide bonds. The van der Waals surface area contributed by atoms with Crippen molar-refractivity contribution in [2.75, 3.05) is 26.3 Å². The van der Waals surface area contributed by atoms with Crippen LogP contribution in [0.5, 0.6) is 11.8 Å². The standard InChI is InChI=1S/C23H24N4O4/c1-5-13-30-21-17(9-7-11-24-21)19(28)26-15-23(3,4)16-27-20(29)18-10-8-12-25-22(18)31-14-6-2/h1-2,7-12H,13-16H2,3-4H3,(H,26,28)(H,27,29). The van der Waals surface area contributed by atoms with Gasteiger partial charge in [-0.05, 0) is 29.7 Å². The molecule has 0 atom stereocenters. The molecule has 8 nitrogen and oxygen atoms in total. The maximum absolute atomic E-state index is 12.6. The summed E-state index contributed by atoms with van der Waals surface area (Å²) >= 11 is 0. The number of terminal acetylenes is 2. The average Bonchev–Trinajstić information content (AvgIpc) is 2.78. The molecular weight excluding hydrogens is 396 g/mol. The molecular formula is C23H24N4O4. The summed E-state index contributed by atoms with van der Waals surface area (Å²) in [6.45, 7) is 4.43. The number of ether oxygens (including phenoxy) is 2. The van der Waals surface area contributed by atoms with E-state index in [4.69, 9.17) is 22.3 Å². The second-order valence-electron chi connectivity index (χ2n) is 7.23. The van der Waals surface area contributed by atoms with E-state index in [1.165, 1.54) is 12.4 Å². The van der Waals surface area contributed by atoms with Gasteiger partial charge in [-0.3, -0.25) is 9.59 Å². The predicted octanol–water partition coefficient (Wildman–Crippen LogP) is 1.69. The number of hydrogen-bond acceptors (Lipinski definition) is 6. The van der Waals surface area contributed by atoms with Gasteiger partial charge < -0.3 is 20.1 Å². The Morgan fingerprint density at radius 1 is 0.903 bits per heavy atom. The van der Waals surface area contributed by atoms with Crippen LogP contribution in [0.25, 0.3) is 0 Å². The minimum absolute atomic E-state index is 0.0101. The van der Waals surface area contributed by atoms with Crippen LogP contribution in [-0.2, 0) is 0 Å². The molecule has 8 heteroatoms. The normalized spacial score (nSPS) is 10.3. The zero-order valence-electron chi connectivity index (χ0n) is 17.5. The number of aromatic nitrogens is 2. The van der Waals surface area contributed by atoms with Crippen LogP contribution in [0.2, 0.25) is 0 Å².